The molecule has 0 aliphatic carbocycles. The predicted octanol–water partition coefficient (Wildman–Crippen LogP) is 5.68. The van der Waals surface area contributed by atoms with Gasteiger partial charge in [0.05, 0.1) is 16.8 Å². The predicted molar refractivity (Wildman–Crippen MR) is 119 cm³/mol. The molecule has 35 heavy (non-hydrogen) atoms. The highest BCUT2D eigenvalue weighted by Crippen LogP contribution is 2.38. The molecule has 1 amide bonds. The summed E-state index contributed by atoms with van der Waals surface area (Å²) in [5, 5.41) is 8.81. The molecular weight excluding hydrogens is 516 g/mol. The van der Waals surface area contributed by atoms with E-state index in [0.29, 0.717) is 0 Å². The molecule has 0 bridgehead atoms. The highest BCUT2D eigenvalue weighted by atomic mass is 35.5. The number of nitrogens with zero attached hydrogens (tertiary/aromatic N) is 2. The molecule has 2 N–H and O–H groups in total. The van der Waals surface area contributed by atoms with Crippen molar-refractivity contribution in [2.24, 2.45) is 0 Å². The Morgan fingerprint density at radius 2 is 1.83 bits per heavy atom. The largest absolute Gasteiger partial charge is 0.493 e. The second-order valence-corrected chi connectivity index (χ2v) is 9.79. The minimum atomic E-state index is -4.95. The number of halogens is 5. The maximum atomic E-state index is 14.7. The maximum absolute atomic E-state index is 14.7. The van der Waals surface area contributed by atoms with Crippen molar-refractivity contribution in [1.82, 2.24) is 10.2 Å². The molecule has 1 aromatic heterocycles. The first-order valence-electron chi connectivity index (χ1n) is 9.53. The van der Waals surface area contributed by atoms with E-state index in [1.807, 2.05) is 0 Å². The minimum absolute atomic E-state index is 0.0174. The van der Waals surface area contributed by atoms with E-state index >= 15 is 0 Å². The Kier molecular flexibility index (Phi) is 7.22. The monoisotopic (exact) mass is 532 g/mol. The molecule has 8 nitrogen and oxygen atoms in total. The lowest BCUT2D eigenvalue weighted by atomic mass is 10.1. The molecule has 0 fully saturated rings. The Labute approximate surface area is 202 Å². The summed E-state index contributed by atoms with van der Waals surface area (Å²) in [5.41, 5.74) is -2.72. The molecule has 186 valence electrons. The number of aromatic nitrogens is 2. The lowest BCUT2D eigenvalue weighted by Gasteiger charge is -2.17. The van der Waals surface area contributed by atoms with Crippen molar-refractivity contribution < 1.29 is 36.0 Å². The molecule has 1 heterocycles. The van der Waals surface area contributed by atoms with E-state index in [-0.39, 0.29) is 21.4 Å². The number of amides is 1. The van der Waals surface area contributed by atoms with Gasteiger partial charge in [-0.15, -0.1) is 10.2 Å². The number of methoxy groups -OCH3 is 1. The number of nitrogens with one attached hydrogen (secondary N) is 2. The average Bonchev–Trinajstić information content (AvgIpc) is 2.74. The number of rotatable bonds is 6. The molecule has 0 aliphatic heterocycles. The van der Waals surface area contributed by atoms with Crippen LogP contribution >= 0.6 is 11.6 Å². The highest BCUT2D eigenvalue weighted by molar-refractivity contribution is 7.91. The lowest BCUT2D eigenvalue weighted by molar-refractivity contribution is -0.142. The number of hydrogen-bond acceptors (Lipinski definition) is 7. The summed E-state index contributed by atoms with van der Waals surface area (Å²) in [5.74, 6) is -3.75. The first kappa shape index (κ1) is 26.2. The third-order valence-electron chi connectivity index (χ3n) is 4.62. The standard InChI is InChI=1S/C21H17ClF4N4O4S/c1-10-16(19(31)28-12-5-4-6-13(9-12)35(3,27)32)20(30-29-18(10)21(24,25)26)34-15-8-11(22)7-14(33-2)17(15)23/h4-9,27H,1-3H3,(H,28,31). The van der Waals surface area contributed by atoms with Gasteiger partial charge < -0.3 is 14.8 Å². The van der Waals surface area contributed by atoms with Crippen LogP contribution in [-0.2, 0) is 15.9 Å². The third-order valence-corrected chi connectivity index (χ3v) is 5.99. The number of ether oxygens (including phenoxy) is 2. The van der Waals surface area contributed by atoms with Gasteiger partial charge in [-0.05, 0) is 30.7 Å². The smallest absolute Gasteiger partial charge is 0.435 e. The molecule has 0 spiro atoms. The molecule has 0 saturated heterocycles. The van der Waals surface area contributed by atoms with Crippen LogP contribution in [0.3, 0.4) is 0 Å². The number of alkyl halides is 3. The van der Waals surface area contributed by atoms with E-state index in [1.165, 1.54) is 37.6 Å². The van der Waals surface area contributed by atoms with Crippen LogP contribution in [0.5, 0.6) is 17.4 Å². The van der Waals surface area contributed by atoms with Gasteiger partial charge in [0.1, 0.15) is 5.56 Å². The quantitative estimate of drug-likeness (QED) is 0.394. The zero-order valence-corrected chi connectivity index (χ0v) is 19.9. The van der Waals surface area contributed by atoms with E-state index in [9.17, 15) is 26.6 Å². The molecule has 3 aromatic rings. The Morgan fingerprint density at radius 1 is 1.17 bits per heavy atom. The van der Waals surface area contributed by atoms with E-state index in [1.54, 1.807) is 0 Å². The van der Waals surface area contributed by atoms with Crippen LogP contribution in [0.1, 0.15) is 21.6 Å². The van der Waals surface area contributed by atoms with Gasteiger partial charge in [-0.25, -0.2) is 8.99 Å². The fourth-order valence-corrected chi connectivity index (χ4v) is 3.87. The highest BCUT2D eigenvalue weighted by Gasteiger charge is 2.38. The molecule has 2 aromatic carbocycles. The van der Waals surface area contributed by atoms with Gasteiger partial charge in [0, 0.05) is 34.0 Å². The first-order valence-corrected chi connectivity index (χ1v) is 11.9. The summed E-state index contributed by atoms with van der Waals surface area (Å²) in [4.78, 5) is 13.2. The van der Waals surface area contributed by atoms with E-state index in [2.05, 4.69) is 15.5 Å². The number of carbonyl (C=O) groups is 1. The molecule has 0 aliphatic rings. The minimum Gasteiger partial charge on any atom is -0.493 e. The number of anilines is 1. The molecule has 1 unspecified atom stereocenters. The summed E-state index contributed by atoms with van der Waals surface area (Å²) in [7, 11) is -1.97. The van der Waals surface area contributed by atoms with Crippen molar-refractivity contribution in [3.05, 3.63) is 64.1 Å². The van der Waals surface area contributed by atoms with Crippen LogP contribution in [0, 0.1) is 17.5 Å². The van der Waals surface area contributed by atoms with Gasteiger partial charge in [-0.1, -0.05) is 17.7 Å². The van der Waals surface area contributed by atoms with Gasteiger partial charge >= 0.3 is 6.18 Å². The van der Waals surface area contributed by atoms with Crippen LogP contribution < -0.4 is 14.8 Å². The zero-order chi connectivity index (χ0) is 26.1. The van der Waals surface area contributed by atoms with Crippen molar-refractivity contribution in [2.45, 2.75) is 18.0 Å². The van der Waals surface area contributed by atoms with Crippen LogP contribution in [0.2, 0.25) is 5.02 Å². The lowest BCUT2D eigenvalue weighted by Crippen LogP contribution is -2.21. The summed E-state index contributed by atoms with van der Waals surface area (Å²) < 4.78 is 84.9. The summed E-state index contributed by atoms with van der Waals surface area (Å²) in [6.07, 6.45) is -3.78. The second-order valence-electron chi connectivity index (χ2n) is 7.20. The van der Waals surface area contributed by atoms with Crippen molar-refractivity contribution in [1.29, 1.82) is 4.78 Å². The number of hydrogen-bond donors (Lipinski definition) is 2. The Balaban J connectivity index is 2.12. The summed E-state index contributed by atoms with van der Waals surface area (Å²) in [6.45, 7) is 0.979. The van der Waals surface area contributed by atoms with E-state index < -0.39 is 56.1 Å². The third kappa shape index (κ3) is 5.80. The molecule has 1 atom stereocenters. The molecular formula is C21H17ClF4N4O4S. The number of carbonyl (C=O) groups excluding carboxylic acids is 1. The Hall–Kier alpha value is -3.45. The van der Waals surface area contributed by atoms with Crippen molar-refractivity contribution >= 4 is 32.9 Å². The van der Waals surface area contributed by atoms with Crippen LogP contribution in [0.4, 0.5) is 23.2 Å². The van der Waals surface area contributed by atoms with Gasteiger partial charge in [0.25, 0.3) is 11.8 Å². The van der Waals surface area contributed by atoms with Gasteiger partial charge in [-0.3, -0.25) is 4.79 Å². The van der Waals surface area contributed by atoms with Crippen molar-refractivity contribution in [3.8, 4) is 17.4 Å². The van der Waals surface area contributed by atoms with E-state index in [4.69, 9.17) is 25.9 Å². The fourth-order valence-electron chi connectivity index (χ4n) is 2.98. The Bertz CT molecular complexity index is 1420. The average molecular weight is 533 g/mol. The van der Waals surface area contributed by atoms with Gasteiger partial charge in [0.2, 0.25) is 5.82 Å². The van der Waals surface area contributed by atoms with Crippen molar-refractivity contribution in [2.75, 3.05) is 18.7 Å². The molecule has 0 saturated carbocycles. The van der Waals surface area contributed by atoms with Crippen LogP contribution in [-0.4, -0.2) is 33.7 Å². The summed E-state index contributed by atoms with van der Waals surface area (Å²) in [6, 6.07) is 7.59. The zero-order valence-electron chi connectivity index (χ0n) is 18.3. The van der Waals surface area contributed by atoms with E-state index in [0.717, 1.165) is 19.1 Å². The van der Waals surface area contributed by atoms with Gasteiger partial charge in [-0.2, -0.15) is 17.6 Å². The number of benzene rings is 2. The van der Waals surface area contributed by atoms with Crippen LogP contribution in [0.25, 0.3) is 0 Å². The SMILES string of the molecule is COc1cc(Cl)cc(Oc2nnc(C(F)(F)F)c(C)c2C(=O)Nc2cccc(S(C)(=N)=O)c2)c1F. The fraction of sp³-hybridized carbons (Fsp3) is 0.190. The molecule has 3 rings (SSSR count). The topological polar surface area (TPSA) is 114 Å². The van der Waals surface area contributed by atoms with Gasteiger partial charge in [0.15, 0.2) is 17.2 Å². The normalized spacial score (nSPS) is 13.1. The van der Waals surface area contributed by atoms with Crippen molar-refractivity contribution in [3.63, 3.8) is 0 Å². The molecule has 14 heteroatoms. The molecule has 0 radical (unpaired) electrons. The van der Waals surface area contributed by atoms with Crippen LogP contribution in [0.15, 0.2) is 41.3 Å². The first-order chi connectivity index (χ1) is 16.2. The Morgan fingerprint density at radius 3 is 2.43 bits per heavy atom. The second kappa shape index (κ2) is 9.66. The maximum Gasteiger partial charge on any atom is 0.435 e. The summed E-state index contributed by atoms with van der Waals surface area (Å²) >= 11 is 5.91.